The fraction of sp³-hybridized carbons (Fsp3) is 0.429. The molecule has 25 heavy (non-hydrogen) atoms. The Kier molecular flexibility index (Phi) is 5.44. The molecular weight excluding hydrogens is 326 g/mol. The fourth-order valence-electron chi connectivity index (χ4n) is 3.94. The summed E-state index contributed by atoms with van der Waals surface area (Å²) in [6, 6.07) is 20.5. The summed E-state index contributed by atoms with van der Waals surface area (Å²) >= 11 is 0. The van der Waals surface area contributed by atoms with E-state index in [0.717, 1.165) is 29.6 Å². The Labute approximate surface area is 152 Å². The second-order valence-electron chi connectivity index (χ2n) is 7.82. The van der Waals surface area contributed by atoms with Crippen LogP contribution in [-0.2, 0) is 4.74 Å². The maximum Gasteiger partial charge on any atom is 0.258 e. The van der Waals surface area contributed by atoms with Crippen molar-refractivity contribution >= 4 is 18.7 Å². The Bertz CT molecular complexity index is 635. The molecule has 0 radical (unpaired) electrons. The molecule has 0 saturated carbocycles. The highest BCUT2D eigenvalue weighted by atomic mass is 28.4. The Balaban J connectivity index is 1.90. The van der Waals surface area contributed by atoms with E-state index in [-0.39, 0.29) is 17.2 Å². The highest BCUT2D eigenvalue weighted by Gasteiger charge is 2.49. The molecule has 1 fully saturated rings. The lowest BCUT2D eigenvalue weighted by atomic mass is 10.0. The van der Waals surface area contributed by atoms with Gasteiger partial charge in [0.1, 0.15) is 0 Å². The van der Waals surface area contributed by atoms with E-state index >= 15 is 0 Å². The van der Waals surface area contributed by atoms with Crippen molar-refractivity contribution in [2.24, 2.45) is 5.73 Å². The van der Waals surface area contributed by atoms with Gasteiger partial charge in [0.25, 0.3) is 8.32 Å². The topological polar surface area (TPSA) is 55.5 Å². The van der Waals surface area contributed by atoms with Crippen LogP contribution in [0.25, 0.3) is 0 Å². The molecule has 2 aromatic carbocycles. The van der Waals surface area contributed by atoms with Crippen molar-refractivity contribution in [2.75, 3.05) is 6.61 Å². The molecule has 1 saturated heterocycles. The smallest absolute Gasteiger partial charge is 0.258 e. The van der Waals surface area contributed by atoms with Gasteiger partial charge in [-0.1, -0.05) is 74.5 Å². The van der Waals surface area contributed by atoms with E-state index in [0.29, 0.717) is 6.61 Å². The van der Waals surface area contributed by atoms with Crippen molar-refractivity contribution in [1.29, 1.82) is 0 Å². The number of benzene rings is 2. The third-order valence-corrected chi connectivity index (χ3v) is 10.1. The van der Waals surface area contributed by atoms with Crippen molar-refractivity contribution in [3.8, 4) is 0 Å². The van der Waals surface area contributed by atoms with E-state index in [4.69, 9.17) is 10.5 Å². The molecule has 3 rings (SSSR count). The first kappa shape index (κ1) is 18.3. The normalized spacial score (nSPS) is 21.4. The molecule has 0 amide bonds. The van der Waals surface area contributed by atoms with E-state index in [1.165, 1.54) is 0 Å². The predicted octanol–water partition coefficient (Wildman–Crippen LogP) is 2.42. The summed E-state index contributed by atoms with van der Waals surface area (Å²) in [7, 11) is -2.90. The summed E-state index contributed by atoms with van der Waals surface area (Å²) in [5.41, 5.74) is 5.97. The van der Waals surface area contributed by atoms with E-state index in [1.54, 1.807) is 0 Å². The number of hydrogen-bond acceptors (Lipinski definition) is 3. The van der Waals surface area contributed by atoms with Crippen molar-refractivity contribution in [2.45, 2.75) is 50.3 Å². The van der Waals surface area contributed by atoms with Gasteiger partial charge in [-0.3, -0.25) is 0 Å². The maximum atomic E-state index is 12.1. The molecule has 0 aromatic heterocycles. The van der Waals surface area contributed by atoms with Crippen molar-refractivity contribution < 1.29 is 9.53 Å². The zero-order valence-corrected chi connectivity index (χ0v) is 16.2. The third-order valence-electron chi connectivity index (χ3n) is 5.57. The molecule has 0 spiro atoms. The first-order valence-electron chi connectivity index (χ1n) is 9.14. The lowest BCUT2D eigenvalue weighted by Crippen LogP contribution is -2.65. The molecule has 3 nitrogen and oxygen atoms in total. The highest BCUT2D eigenvalue weighted by Crippen LogP contribution is 2.41. The Morgan fingerprint density at radius 3 is 2.00 bits per heavy atom. The molecule has 134 valence electrons. The summed E-state index contributed by atoms with van der Waals surface area (Å²) in [6.07, 6.45) is 3.00. The van der Waals surface area contributed by atoms with Crippen LogP contribution in [0.5, 0.6) is 0 Å². The highest BCUT2D eigenvalue weighted by molar-refractivity contribution is 6.98. The monoisotopic (exact) mass is 355 g/mol. The lowest BCUT2D eigenvalue weighted by molar-refractivity contribution is 0.0981. The van der Waals surface area contributed by atoms with Crippen LogP contribution in [-0.4, -0.2) is 31.9 Å². The Morgan fingerprint density at radius 1 is 1.04 bits per heavy atom. The van der Waals surface area contributed by atoms with E-state index in [2.05, 4.69) is 38.1 Å². The molecule has 2 aromatic rings. The molecule has 0 bridgehead atoms. The largest absolute Gasteiger partial charge is 0.424 e. The van der Waals surface area contributed by atoms with Gasteiger partial charge in [-0.05, 0) is 34.7 Å². The number of ether oxygens (including phenoxy) is 1. The minimum atomic E-state index is -2.90. The van der Waals surface area contributed by atoms with Crippen molar-refractivity contribution in [3.05, 3.63) is 60.7 Å². The Hall–Kier alpha value is -1.46. The van der Waals surface area contributed by atoms with Crippen LogP contribution >= 0.6 is 0 Å². The fourth-order valence-corrected chi connectivity index (χ4v) is 7.70. The van der Waals surface area contributed by atoms with Gasteiger partial charge >= 0.3 is 0 Å². The van der Waals surface area contributed by atoms with Crippen LogP contribution in [0, 0.1) is 0 Å². The van der Waals surface area contributed by atoms with E-state index in [9.17, 15) is 4.80 Å². The minimum absolute atomic E-state index is 0.160. The predicted molar refractivity (Wildman–Crippen MR) is 106 cm³/mol. The third kappa shape index (κ3) is 3.72. The van der Waals surface area contributed by atoms with Gasteiger partial charge in [0.05, 0.1) is 12.7 Å². The van der Waals surface area contributed by atoms with Gasteiger partial charge in [-0.2, -0.15) is 0 Å². The second kappa shape index (κ2) is 7.42. The first-order chi connectivity index (χ1) is 11.9. The SMILES string of the molecule is CC(C)(CCC1CC(N)CO1)[Si](O)(c1ccccc1)c1ccccc1. The van der Waals surface area contributed by atoms with Crippen LogP contribution in [0.2, 0.25) is 5.04 Å². The van der Waals surface area contributed by atoms with Gasteiger partial charge in [-0.15, -0.1) is 0 Å². The van der Waals surface area contributed by atoms with E-state index in [1.807, 2.05) is 36.4 Å². The molecule has 1 heterocycles. The molecule has 1 aliphatic heterocycles. The standard InChI is InChI=1S/C21H29NO2Si/c1-21(2,14-13-18-15-17(22)16-24-18)25(23,19-9-5-3-6-10-19)20-11-7-4-8-12-20/h3-12,17-18,23H,13-16,22H2,1-2H3. The minimum Gasteiger partial charge on any atom is -0.424 e. The molecule has 2 atom stereocenters. The summed E-state index contributed by atoms with van der Waals surface area (Å²) in [6.45, 7) is 5.06. The molecule has 3 N–H and O–H groups in total. The average Bonchev–Trinajstić information content (AvgIpc) is 3.06. The second-order valence-corrected chi connectivity index (χ2v) is 11.7. The van der Waals surface area contributed by atoms with Gasteiger partial charge in [0.15, 0.2) is 0 Å². The summed E-state index contributed by atoms with van der Waals surface area (Å²) < 4.78 is 5.79. The lowest BCUT2D eigenvalue weighted by Gasteiger charge is -2.41. The molecule has 2 unspecified atom stereocenters. The van der Waals surface area contributed by atoms with Crippen LogP contribution in [0.15, 0.2) is 60.7 Å². The summed E-state index contributed by atoms with van der Waals surface area (Å²) in [5.74, 6) is 0. The van der Waals surface area contributed by atoms with Crippen LogP contribution < -0.4 is 16.1 Å². The van der Waals surface area contributed by atoms with Crippen LogP contribution in [0.3, 0.4) is 0 Å². The van der Waals surface area contributed by atoms with Crippen molar-refractivity contribution in [1.82, 2.24) is 0 Å². The molecular formula is C21H29NO2Si. The van der Waals surface area contributed by atoms with E-state index < -0.39 is 8.32 Å². The molecule has 1 aliphatic rings. The quantitative estimate of drug-likeness (QED) is 0.783. The van der Waals surface area contributed by atoms with Crippen molar-refractivity contribution in [3.63, 3.8) is 0 Å². The Morgan fingerprint density at radius 2 is 1.56 bits per heavy atom. The van der Waals surface area contributed by atoms with Gasteiger partial charge < -0.3 is 15.3 Å². The van der Waals surface area contributed by atoms with Crippen LogP contribution in [0.4, 0.5) is 0 Å². The zero-order valence-electron chi connectivity index (χ0n) is 15.2. The van der Waals surface area contributed by atoms with Gasteiger partial charge in [-0.25, -0.2) is 0 Å². The summed E-state index contributed by atoms with van der Waals surface area (Å²) in [5, 5.41) is 1.91. The number of hydrogen-bond donors (Lipinski definition) is 2. The first-order valence-corrected chi connectivity index (χ1v) is 11.1. The zero-order chi connectivity index (χ0) is 17.9. The number of rotatable bonds is 6. The van der Waals surface area contributed by atoms with Crippen LogP contribution in [0.1, 0.15) is 33.1 Å². The van der Waals surface area contributed by atoms with Gasteiger partial charge in [0, 0.05) is 6.04 Å². The number of nitrogens with two attached hydrogens (primary N) is 1. The van der Waals surface area contributed by atoms with Gasteiger partial charge in [0.2, 0.25) is 0 Å². The maximum absolute atomic E-state index is 12.1. The summed E-state index contributed by atoms with van der Waals surface area (Å²) in [4.78, 5) is 12.1. The molecule has 0 aliphatic carbocycles. The average molecular weight is 356 g/mol. The molecule has 4 heteroatoms.